The molecule has 0 amide bonds. The molecule has 6 nitrogen and oxygen atoms in total. The van der Waals surface area contributed by atoms with Crippen LogP contribution < -0.4 is 0 Å². The largest absolute Gasteiger partial charge is 0.462 e. The highest BCUT2D eigenvalue weighted by molar-refractivity contribution is 5.71. The fourth-order valence-electron chi connectivity index (χ4n) is 9.20. The number of carbonyl (C=O) groups is 3. The second kappa shape index (κ2) is 52.8. The van der Waals surface area contributed by atoms with E-state index in [1.807, 2.05) is 0 Å². The molecule has 392 valence electrons. The van der Waals surface area contributed by atoms with Gasteiger partial charge in [-0.25, -0.2) is 0 Å². The van der Waals surface area contributed by atoms with E-state index >= 15 is 0 Å². The number of hydrogen-bond acceptors (Lipinski definition) is 6. The second-order valence-corrected chi connectivity index (χ2v) is 21.4. The van der Waals surface area contributed by atoms with Crippen LogP contribution in [0.15, 0.2) is 0 Å². The van der Waals surface area contributed by atoms with Gasteiger partial charge in [-0.1, -0.05) is 298 Å². The summed E-state index contributed by atoms with van der Waals surface area (Å²) in [6.07, 6.45) is 56.6. The molecule has 0 rings (SSSR count). The van der Waals surface area contributed by atoms with Gasteiger partial charge in [-0.3, -0.25) is 14.4 Å². The Bertz CT molecular complexity index is 1010. The fraction of sp³-hybridized carbons (Fsp3) is 0.950. The molecule has 0 spiro atoms. The number of unbranched alkanes of at least 4 members (excludes halogenated alkanes) is 38. The summed E-state index contributed by atoms with van der Waals surface area (Å²) in [5.74, 6) is 0.882. The van der Waals surface area contributed by atoms with E-state index in [1.54, 1.807) is 0 Å². The summed E-state index contributed by atoms with van der Waals surface area (Å²) < 4.78 is 16.9. The third-order valence-electron chi connectivity index (χ3n) is 14.1. The zero-order chi connectivity index (χ0) is 48.2. The maximum Gasteiger partial charge on any atom is 0.306 e. The van der Waals surface area contributed by atoms with E-state index in [1.165, 1.54) is 225 Å². The van der Waals surface area contributed by atoms with Gasteiger partial charge in [0.05, 0.1) is 0 Å². The summed E-state index contributed by atoms with van der Waals surface area (Å²) >= 11 is 0. The molecule has 0 aliphatic rings. The molecule has 0 bridgehead atoms. The van der Waals surface area contributed by atoms with Crippen LogP contribution in [0.3, 0.4) is 0 Å². The zero-order valence-corrected chi connectivity index (χ0v) is 45.3. The lowest BCUT2D eigenvalue weighted by Gasteiger charge is -2.18. The number of esters is 3. The predicted molar refractivity (Wildman–Crippen MR) is 284 cm³/mol. The number of hydrogen-bond donors (Lipinski definition) is 0. The van der Waals surface area contributed by atoms with E-state index < -0.39 is 6.10 Å². The van der Waals surface area contributed by atoms with Gasteiger partial charge in [0.1, 0.15) is 13.2 Å². The van der Waals surface area contributed by atoms with Crippen LogP contribution in [0.4, 0.5) is 0 Å². The summed E-state index contributed by atoms with van der Waals surface area (Å²) in [5, 5.41) is 0. The minimum Gasteiger partial charge on any atom is -0.462 e. The minimum absolute atomic E-state index is 0.0625. The third kappa shape index (κ3) is 51.8. The number of ether oxygens (including phenoxy) is 3. The molecule has 0 saturated carbocycles. The first-order chi connectivity index (χ1) is 32.3. The van der Waals surface area contributed by atoms with Crippen molar-refractivity contribution in [3.8, 4) is 0 Å². The number of carbonyl (C=O) groups excluding carboxylic acids is 3. The van der Waals surface area contributed by atoms with Gasteiger partial charge in [0.25, 0.3) is 0 Å². The first-order valence-electron chi connectivity index (χ1n) is 29.8. The first kappa shape index (κ1) is 64.4. The molecule has 66 heavy (non-hydrogen) atoms. The lowest BCUT2D eigenvalue weighted by atomic mass is 9.99. The van der Waals surface area contributed by atoms with Gasteiger partial charge in [0.15, 0.2) is 6.10 Å². The predicted octanol–water partition coefficient (Wildman–Crippen LogP) is 19.7. The molecule has 2 atom stereocenters. The van der Waals surface area contributed by atoms with Crippen LogP contribution in [-0.2, 0) is 28.6 Å². The average molecular weight is 934 g/mol. The van der Waals surface area contributed by atoms with Crippen LogP contribution in [-0.4, -0.2) is 37.2 Å². The van der Waals surface area contributed by atoms with Gasteiger partial charge in [-0.15, -0.1) is 0 Å². The molecular weight excluding hydrogens is 817 g/mol. The van der Waals surface area contributed by atoms with E-state index in [-0.39, 0.29) is 31.1 Å². The van der Waals surface area contributed by atoms with Crippen molar-refractivity contribution in [2.75, 3.05) is 13.2 Å². The molecule has 0 heterocycles. The fourth-order valence-corrected chi connectivity index (χ4v) is 9.20. The van der Waals surface area contributed by atoms with Crippen molar-refractivity contribution in [2.45, 2.75) is 343 Å². The molecule has 6 heteroatoms. The Morgan fingerprint density at radius 3 is 0.864 bits per heavy atom. The molecule has 0 aromatic heterocycles. The second-order valence-electron chi connectivity index (χ2n) is 21.4. The highest BCUT2D eigenvalue weighted by Crippen LogP contribution is 2.19. The molecule has 0 N–H and O–H groups in total. The molecule has 0 aromatic carbocycles. The standard InChI is InChI=1S/C60H116O6/c1-6-8-9-10-11-12-13-14-15-18-22-25-32-37-42-47-52-60(63)66-57(54-65-59(62)51-46-41-36-31-27-26-29-34-39-44-49-56(5)7-2)53-64-58(61)50-45-40-35-30-24-21-19-16-17-20-23-28-33-38-43-48-55(3)4/h55-57H,6-54H2,1-5H3/t56?,57-/m0/s1. The maximum atomic E-state index is 12.9. The Labute approximate surface area is 412 Å². The number of rotatable bonds is 54. The highest BCUT2D eigenvalue weighted by atomic mass is 16.6. The molecule has 0 fully saturated rings. The van der Waals surface area contributed by atoms with Gasteiger partial charge in [-0.05, 0) is 31.1 Å². The van der Waals surface area contributed by atoms with E-state index in [2.05, 4.69) is 34.6 Å². The molecular formula is C60H116O6. The Morgan fingerprint density at radius 1 is 0.318 bits per heavy atom. The van der Waals surface area contributed by atoms with Gasteiger partial charge < -0.3 is 14.2 Å². The van der Waals surface area contributed by atoms with Crippen LogP contribution in [0.2, 0.25) is 0 Å². The zero-order valence-electron chi connectivity index (χ0n) is 45.3. The van der Waals surface area contributed by atoms with Crippen LogP contribution in [0.1, 0.15) is 336 Å². The molecule has 1 unspecified atom stereocenters. The van der Waals surface area contributed by atoms with Crippen molar-refractivity contribution in [3.05, 3.63) is 0 Å². The Morgan fingerprint density at radius 2 is 0.576 bits per heavy atom. The van der Waals surface area contributed by atoms with Crippen molar-refractivity contribution in [3.63, 3.8) is 0 Å². The smallest absolute Gasteiger partial charge is 0.306 e. The molecule has 0 saturated heterocycles. The first-order valence-corrected chi connectivity index (χ1v) is 29.8. The van der Waals surface area contributed by atoms with Crippen molar-refractivity contribution in [1.82, 2.24) is 0 Å². The Hall–Kier alpha value is -1.59. The van der Waals surface area contributed by atoms with E-state index in [4.69, 9.17) is 14.2 Å². The van der Waals surface area contributed by atoms with Crippen molar-refractivity contribution in [2.24, 2.45) is 11.8 Å². The lowest BCUT2D eigenvalue weighted by Crippen LogP contribution is -2.30. The van der Waals surface area contributed by atoms with Crippen LogP contribution in [0.5, 0.6) is 0 Å². The minimum atomic E-state index is -0.763. The molecule has 0 aliphatic carbocycles. The van der Waals surface area contributed by atoms with Crippen LogP contribution in [0, 0.1) is 11.8 Å². The monoisotopic (exact) mass is 933 g/mol. The lowest BCUT2D eigenvalue weighted by molar-refractivity contribution is -0.167. The van der Waals surface area contributed by atoms with E-state index in [9.17, 15) is 14.4 Å². The van der Waals surface area contributed by atoms with E-state index in [0.29, 0.717) is 19.3 Å². The quantitative estimate of drug-likeness (QED) is 0.0343. The Kier molecular flexibility index (Phi) is 51.5. The van der Waals surface area contributed by atoms with Crippen LogP contribution >= 0.6 is 0 Å². The van der Waals surface area contributed by atoms with Gasteiger partial charge in [-0.2, -0.15) is 0 Å². The average Bonchev–Trinajstić information content (AvgIpc) is 3.30. The van der Waals surface area contributed by atoms with Crippen molar-refractivity contribution in [1.29, 1.82) is 0 Å². The molecule has 0 radical (unpaired) electrons. The molecule has 0 aliphatic heterocycles. The summed E-state index contributed by atoms with van der Waals surface area (Å²) in [6.45, 7) is 11.4. The summed E-state index contributed by atoms with van der Waals surface area (Å²) in [4.78, 5) is 38.2. The Balaban J connectivity index is 4.30. The van der Waals surface area contributed by atoms with Gasteiger partial charge >= 0.3 is 17.9 Å². The van der Waals surface area contributed by atoms with Crippen molar-refractivity contribution >= 4 is 17.9 Å². The summed E-state index contributed by atoms with van der Waals surface area (Å²) in [7, 11) is 0. The molecule has 0 aromatic rings. The summed E-state index contributed by atoms with van der Waals surface area (Å²) in [5.41, 5.74) is 0. The van der Waals surface area contributed by atoms with Crippen LogP contribution in [0.25, 0.3) is 0 Å². The topological polar surface area (TPSA) is 78.9 Å². The van der Waals surface area contributed by atoms with Gasteiger partial charge in [0.2, 0.25) is 0 Å². The summed E-state index contributed by atoms with van der Waals surface area (Å²) in [6, 6.07) is 0. The van der Waals surface area contributed by atoms with Gasteiger partial charge in [0, 0.05) is 19.3 Å². The normalized spacial score (nSPS) is 12.5. The SMILES string of the molecule is CCCCCCCCCCCCCCCCCCC(=O)O[C@@H](COC(=O)CCCCCCCCCCCCCCCCCC(C)C)COC(=O)CCCCCCCCCCCCC(C)CC. The third-order valence-corrected chi connectivity index (χ3v) is 14.1. The maximum absolute atomic E-state index is 12.9. The highest BCUT2D eigenvalue weighted by Gasteiger charge is 2.19. The van der Waals surface area contributed by atoms with E-state index in [0.717, 1.165) is 69.6 Å². The van der Waals surface area contributed by atoms with Crippen molar-refractivity contribution < 1.29 is 28.6 Å².